The summed E-state index contributed by atoms with van der Waals surface area (Å²) in [6.45, 7) is 23.2. The van der Waals surface area contributed by atoms with Crippen LogP contribution in [0.25, 0.3) is 27.4 Å². The molecule has 3 aromatic carbocycles. The van der Waals surface area contributed by atoms with Crippen LogP contribution in [-0.2, 0) is 46.2 Å². The van der Waals surface area contributed by atoms with Crippen molar-refractivity contribution in [1.82, 2.24) is 24.7 Å². The van der Waals surface area contributed by atoms with Gasteiger partial charge < -0.3 is 43.5 Å². The van der Waals surface area contributed by atoms with Crippen LogP contribution in [0.4, 0.5) is 13.2 Å². The van der Waals surface area contributed by atoms with Gasteiger partial charge in [0.1, 0.15) is 37.3 Å². The number of likely N-dealkylation sites (N-methyl/N-ethyl adjacent to an activating group) is 1. The van der Waals surface area contributed by atoms with Crippen LogP contribution in [0.1, 0.15) is 94.2 Å². The lowest BCUT2D eigenvalue weighted by Crippen LogP contribution is -2.38. The third-order valence-corrected chi connectivity index (χ3v) is 12.0. The Kier molecular flexibility index (Phi) is 29.6. The van der Waals surface area contributed by atoms with Crippen molar-refractivity contribution in [2.75, 3.05) is 86.2 Å². The lowest BCUT2D eigenvalue weighted by molar-refractivity contribution is -0.144. The predicted molar refractivity (Wildman–Crippen MR) is 305 cm³/mol. The number of rotatable bonds is 18. The van der Waals surface area contributed by atoms with E-state index in [1.54, 1.807) is 101 Å². The monoisotopic (exact) mass is 1100 g/mol. The number of hydrogen-bond donors (Lipinski definition) is 2. The quantitative estimate of drug-likeness (QED) is 0.0370. The molecule has 1 unspecified atom stereocenters. The minimum atomic E-state index is -0.613. The van der Waals surface area contributed by atoms with Crippen LogP contribution in [0.5, 0.6) is 11.5 Å². The fourth-order valence-corrected chi connectivity index (χ4v) is 8.05. The van der Waals surface area contributed by atoms with Gasteiger partial charge in [-0.2, -0.15) is 0 Å². The zero-order valence-corrected chi connectivity index (χ0v) is 47.1. The van der Waals surface area contributed by atoms with Crippen LogP contribution >= 0.6 is 0 Å². The van der Waals surface area contributed by atoms with Crippen molar-refractivity contribution >= 4 is 57.1 Å². The molecule has 18 heteroatoms. The highest BCUT2D eigenvalue weighted by atomic mass is 19.1. The number of esters is 3. The number of aromatic amines is 2. The fraction of sp³-hybridized carbons (Fsp3) is 0.393. The molecule has 2 aromatic heterocycles. The maximum absolute atomic E-state index is 13.2. The van der Waals surface area contributed by atoms with Crippen LogP contribution in [0.3, 0.4) is 0 Å². The average molecular weight is 1100 g/mol. The van der Waals surface area contributed by atoms with Crippen LogP contribution in [0.15, 0.2) is 116 Å². The maximum atomic E-state index is 13.2. The molecule has 1 atom stereocenters. The normalized spacial score (nSPS) is 13.5. The number of hydrogen-bond acceptors (Lipinski definition) is 11. The number of carbonyl (C=O) groups excluding carboxylic acids is 5. The molecular formula is C61H78F3N5O10. The number of H-pyrrole nitrogens is 2. The van der Waals surface area contributed by atoms with Crippen LogP contribution in [-0.4, -0.2) is 141 Å². The lowest BCUT2D eigenvalue weighted by atomic mass is 9.99. The third-order valence-electron chi connectivity index (χ3n) is 12.0. The molecule has 428 valence electrons. The Balaban J connectivity index is 0.000000350. The van der Waals surface area contributed by atoms with E-state index in [4.69, 9.17) is 23.7 Å². The molecule has 0 aliphatic carbocycles. The lowest BCUT2D eigenvalue weighted by Gasteiger charge is -2.26. The fourth-order valence-electron chi connectivity index (χ4n) is 8.05. The predicted octanol–water partition coefficient (Wildman–Crippen LogP) is 11.2. The van der Waals surface area contributed by atoms with Crippen molar-refractivity contribution in [3.63, 3.8) is 0 Å². The first-order valence-electron chi connectivity index (χ1n) is 26.6. The number of allylic oxidation sites excluding steroid dienone is 5. The molecule has 2 aliphatic rings. The number of fused-ring (bicyclic) bond motifs is 4. The number of benzene rings is 3. The van der Waals surface area contributed by atoms with E-state index in [0.29, 0.717) is 55.2 Å². The molecular weight excluding hydrogens is 1020 g/mol. The van der Waals surface area contributed by atoms with Gasteiger partial charge in [0.25, 0.3) is 0 Å². The van der Waals surface area contributed by atoms with Gasteiger partial charge in [0.05, 0.1) is 49.2 Å². The number of nitrogens with zero attached hydrogens (tertiary/aromatic N) is 3. The topological polar surface area (TPSA) is 173 Å². The van der Waals surface area contributed by atoms with Gasteiger partial charge in [0, 0.05) is 73.5 Å². The number of carbonyl (C=O) groups is 5. The summed E-state index contributed by atoms with van der Waals surface area (Å²) in [5.74, 6) is -1.62. The first kappa shape index (κ1) is 65.6. The summed E-state index contributed by atoms with van der Waals surface area (Å²) in [5.41, 5.74) is 5.46. The van der Waals surface area contributed by atoms with Crippen molar-refractivity contribution < 1.29 is 60.8 Å². The van der Waals surface area contributed by atoms with Crippen molar-refractivity contribution in [1.29, 1.82) is 0 Å². The van der Waals surface area contributed by atoms with Crippen LogP contribution in [0.2, 0.25) is 0 Å². The summed E-state index contributed by atoms with van der Waals surface area (Å²) in [7, 11) is 1.71. The van der Waals surface area contributed by atoms with Gasteiger partial charge in [-0.25, -0.2) is 22.8 Å². The highest BCUT2D eigenvalue weighted by Crippen LogP contribution is 2.35. The molecule has 1 saturated heterocycles. The van der Waals surface area contributed by atoms with E-state index in [2.05, 4.69) is 21.4 Å². The Morgan fingerprint density at radius 1 is 0.810 bits per heavy atom. The van der Waals surface area contributed by atoms with E-state index < -0.39 is 30.3 Å². The molecule has 2 aliphatic heterocycles. The van der Waals surface area contributed by atoms with E-state index in [-0.39, 0.29) is 43.2 Å². The molecule has 1 fully saturated rings. The zero-order valence-electron chi connectivity index (χ0n) is 47.1. The number of alkyl halides is 2. The Bertz CT molecular complexity index is 2870. The number of morpholine rings is 1. The van der Waals surface area contributed by atoms with Gasteiger partial charge in [-0.1, -0.05) is 44.2 Å². The Morgan fingerprint density at radius 2 is 1.44 bits per heavy atom. The van der Waals surface area contributed by atoms with Gasteiger partial charge in [-0.05, 0) is 138 Å². The second kappa shape index (κ2) is 35.7. The Hall–Kier alpha value is -7.70. The Morgan fingerprint density at radius 3 is 2.04 bits per heavy atom. The average Bonchev–Trinajstić information content (AvgIpc) is 3.95. The standard InChI is InChI=1S/C27H29FN2O5.C25H31N3O5.C4H7F.C3H5F.C2H6/c1-5-7-24(31)30(4)15-14-21-22-16-20(35-27(33)18-8-10-19(28)11-9-18)12-13-23(22)29-25(21)17(3)26(32)34-6-2;1-3-5-23(29)28-9-8-19-20-16-18(33-15-12-27-10-13-31-14-11-27)6-7-22(20)26-24(19)21(17-28)25(30)32-4-2;1-2-3-4-5;1-2-3-4;1-2/h5,7-13,16-17,29H,6,14-15H2,1-4H3;3,5-7,16-17,26H,4,8-15H2,1-2H3;2-3H,4H2,1H3;2H,1,3H2;1-2H3/b7-5+;5-3+;3-2-;;. The first-order valence-corrected chi connectivity index (χ1v) is 26.6. The number of halogens is 3. The minimum Gasteiger partial charge on any atom is -0.492 e. The molecule has 0 bridgehead atoms. The third kappa shape index (κ3) is 20.2. The number of ether oxygens (including phenoxy) is 5. The second-order valence-corrected chi connectivity index (χ2v) is 17.3. The summed E-state index contributed by atoms with van der Waals surface area (Å²) in [5, 5.41) is 1.76. The number of amides is 2. The molecule has 7 rings (SSSR count). The second-order valence-electron chi connectivity index (χ2n) is 17.3. The molecule has 0 spiro atoms. The van der Waals surface area contributed by atoms with E-state index in [1.165, 1.54) is 48.6 Å². The molecule has 0 radical (unpaired) electrons. The summed E-state index contributed by atoms with van der Waals surface area (Å²) < 4.78 is 62.1. The summed E-state index contributed by atoms with van der Waals surface area (Å²) in [4.78, 5) is 74.6. The van der Waals surface area contributed by atoms with Crippen molar-refractivity contribution in [2.45, 2.75) is 74.1 Å². The van der Waals surface area contributed by atoms with Gasteiger partial charge in [0.15, 0.2) is 0 Å². The number of aromatic nitrogens is 2. The molecule has 2 N–H and O–H groups in total. The smallest absolute Gasteiger partial charge is 0.343 e. The summed E-state index contributed by atoms with van der Waals surface area (Å²) in [6, 6.07) is 16.1. The van der Waals surface area contributed by atoms with E-state index in [9.17, 15) is 37.1 Å². The summed E-state index contributed by atoms with van der Waals surface area (Å²) >= 11 is 0. The molecule has 5 aromatic rings. The Labute approximate surface area is 462 Å². The zero-order chi connectivity index (χ0) is 58.3. The molecule has 15 nitrogen and oxygen atoms in total. The molecule has 2 amide bonds. The molecule has 0 saturated carbocycles. The van der Waals surface area contributed by atoms with E-state index in [1.807, 2.05) is 32.0 Å². The van der Waals surface area contributed by atoms with Gasteiger partial charge in [0.2, 0.25) is 11.8 Å². The largest absolute Gasteiger partial charge is 0.492 e. The minimum absolute atomic E-state index is 0.124. The molecule has 4 heterocycles. The van der Waals surface area contributed by atoms with Crippen LogP contribution < -0.4 is 9.47 Å². The highest BCUT2D eigenvalue weighted by molar-refractivity contribution is 6.18. The maximum Gasteiger partial charge on any atom is 0.343 e. The van der Waals surface area contributed by atoms with Crippen molar-refractivity contribution in [3.05, 3.63) is 150 Å². The van der Waals surface area contributed by atoms with Gasteiger partial charge >= 0.3 is 17.9 Å². The van der Waals surface area contributed by atoms with Gasteiger partial charge in [-0.3, -0.25) is 19.3 Å². The van der Waals surface area contributed by atoms with Crippen LogP contribution in [0, 0.1) is 5.82 Å². The van der Waals surface area contributed by atoms with E-state index >= 15 is 0 Å². The highest BCUT2D eigenvalue weighted by Gasteiger charge is 2.28. The molecule has 79 heavy (non-hydrogen) atoms. The number of nitrogens with one attached hydrogen (secondary N) is 2. The summed E-state index contributed by atoms with van der Waals surface area (Å²) in [6.07, 6.45) is 13.4. The first-order chi connectivity index (χ1) is 38.2. The van der Waals surface area contributed by atoms with E-state index in [0.717, 1.165) is 71.5 Å². The van der Waals surface area contributed by atoms with Crippen molar-refractivity contribution in [3.8, 4) is 11.5 Å². The SMILES string of the molecule is C/C=C/C(=O)N(C)CCc1c(C(C)C(=O)OCC)[nH]c2ccc(OC(=O)c3ccc(F)cc3)cc12.C/C=C/C(=O)N1C=C(C(=O)OCC)c2[nH]c3ccc(OCCN4CCOCC4)cc3c2CC1.C/C=C\CF.C=CCF.CC. The van der Waals surface area contributed by atoms with Crippen molar-refractivity contribution in [2.24, 2.45) is 0 Å². The van der Waals surface area contributed by atoms with Gasteiger partial charge in [-0.15, -0.1) is 6.58 Å².